The number of rotatable bonds is 4. The van der Waals surface area contributed by atoms with E-state index in [1.165, 1.54) is 19.3 Å². The molecule has 8 nitrogen and oxygen atoms in total. The van der Waals surface area contributed by atoms with Crippen LogP contribution >= 0.6 is 0 Å². The van der Waals surface area contributed by atoms with Crippen LogP contribution in [0, 0.1) is 0 Å². The predicted molar refractivity (Wildman–Crippen MR) is 105 cm³/mol. The number of anilines is 2. The first-order valence-corrected chi connectivity index (χ1v) is 9.83. The highest BCUT2D eigenvalue weighted by Gasteiger charge is 2.24. The first-order chi connectivity index (χ1) is 13.2. The molecule has 2 aromatic heterocycles. The predicted octanol–water partition coefficient (Wildman–Crippen LogP) is 1.51. The quantitative estimate of drug-likeness (QED) is 0.842. The van der Waals surface area contributed by atoms with Gasteiger partial charge in [-0.15, -0.1) is 0 Å². The van der Waals surface area contributed by atoms with Crippen LogP contribution in [0.15, 0.2) is 23.1 Å². The molecule has 0 aromatic carbocycles. The molecule has 27 heavy (non-hydrogen) atoms. The summed E-state index contributed by atoms with van der Waals surface area (Å²) in [5.41, 5.74) is 7.51. The van der Waals surface area contributed by atoms with Crippen molar-refractivity contribution in [1.29, 1.82) is 0 Å². The maximum atomic E-state index is 12.2. The third-order valence-electron chi connectivity index (χ3n) is 5.53. The van der Waals surface area contributed by atoms with Gasteiger partial charge < -0.3 is 10.6 Å². The Labute approximate surface area is 158 Å². The van der Waals surface area contributed by atoms with Gasteiger partial charge in [0.15, 0.2) is 0 Å². The Morgan fingerprint density at radius 1 is 1.11 bits per heavy atom. The van der Waals surface area contributed by atoms with Crippen molar-refractivity contribution in [2.45, 2.75) is 44.6 Å². The van der Waals surface area contributed by atoms with Gasteiger partial charge in [0.05, 0.1) is 11.4 Å². The van der Waals surface area contributed by atoms with Crippen LogP contribution in [-0.4, -0.2) is 51.0 Å². The minimum atomic E-state index is -0.0422. The molecule has 4 rings (SSSR count). The molecule has 2 aliphatic rings. The first-order valence-electron chi connectivity index (χ1n) is 9.83. The normalized spacial score (nSPS) is 19.3. The van der Waals surface area contributed by atoms with Gasteiger partial charge in [-0.1, -0.05) is 0 Å². The molecule has 2 fully saturated rings. The second-order valence-electron chi connectivity index (χ2n) is 7.50. The van der Waals surface area contributed by atoms with E-state index >= 15 is 0 Å². The van der Waals surface area contributed by atoms with Crippen molar-refractivity contribution < 1.29 is 0 Å². The Balaban J connectivity index is 1.40. The number of nitrogens with two attached hydrogens (primary N) is 1. The SMILES string of the molecule is Nc1nccc(CN2CCC(c3cc(=O)[nH]c(N4CCCCC4)n3)CC2)n1. The number of nitrogens with one attached hydrogen (secondary N) is 1. The van der Waals surface area contributed by atoms with Crippen LogP contribution in [0.5, 0.6) is 0 Å². The van der Waals surface area contributed by atoms with Crippen LogP contribution in [0.4, 0.5) is 11.9 Å². The summed E-state index contributed by atoms with van der Waals surface area (Å²) in [7, 11) is 0. The Bertz CT molecular complexity index is 823. The number of hydrogen-bond acceptors (Lipinski definition) is 7. The molecular weight excluding hydrogens is 342 g/mol. The fourth-order valence-corrected chi connectivity index (χ4v) is 4.04. The Morgan fingerprint density at radius 3 is 2.63 bits per heavy atom. The van der Waals surface area contributed by atoms with Gasteiger partial charge in [-0.05, 0) is 51.3 Å². The smallest absolute Gasteiger partial charge is 0.252 e. The summed E-state index contributed by atoms with van der Waals surface area (Å²) in [6.07, 6.45) is 7.29. The summed E-state index contributed by atoms with van der Waals surface area (Å²) >= 11 is 0. The fraction of sp³-hybridized carbons (Fsp3) is 0.579. The van der Waals surface area contributed by atoms with Crippen molar-refractivity contribution in [2.24, 2.45) is 0 Å². The molecule has 8 heteroatoms. The Hall–Kier alpha value is -2.48. The number of nitrogens with zero attached hydrogens (tertiary/aromatic N) is 5. The third kappa shape index (κ3) is 4.44. The van der Waals surface area contributed by atoms with Crippen molar-refractivity contribution >= 4 is 11.9 Å². The largest absolute Gasteiger partial charge is 0.368 e. The zero-order chi connectivity index (χ0) is 18.6. The summed E-state index contributed by atoms with van der Waals surface area (Å²) in [6, 6.07) is 3.59. The summed E-state index contributed by atoms with van der Waals surface area (Å²) in [6.45, 7) is 4.66. The molecule has 144 valence electrons. The molecule has 0 radical (unpaired) electrons. The zero-order valence-electron chi connectivity index (χ0n) is 15.6. The van der Waals surface area contributed by atoms with Crippen LogP contribution < -0.4 is 16.2 Å². The molecule has 0 spiro atoms. The lowest BCUT2D eigenvalue weighted by atomic mass is 9.93. The molecule has 0 atom stereocenters. The molecular formula is C19H27N7O. The lowest BCUT2D eigenvalue weighted by Gasteiger charge is -2.32. The minimum absolute atomic E-state index is 0.0422. The Kier molecular flexibility index (Phi) is 5.33. The van der Waals surface area contributed by atoms with Crippen molar-refractivity contribution in [3.63, 3.8) is 0 Å². The van der Waals surface area contributed by atoms with Gasteiger partial charge in [0, 0.05) is 37.8 Å². The second-order valence-corrected chi connectivity index (χ2v) is 7.50. The number of aromatic nitrogens is 4. The highest BCUT2D eigenvalue weighted by molar-refractivity contribution is 5.31. The summed E-state index contributed by atoms with van der Waals surface area (Å²) in [5.74, 6) is 1.40. The number of aromatic amines is 1. The van der Waals surface area contributed by atoms with Crippen LogP contribution in [-0.2, 0) is 6.54 Å². The highest BCUT2D eigenvalue weighted by Crippen LogP contribution is 2.27. The molecule has 2 saturated heterocycles. The highest BCUT2D eigenvalue weighted by atomic mass is 16.1. The Morgan fingerprint density at radius 2 is 1.89 bits per heavy atom. The van der Waals surface area contributed by atoms with E-state index in [0.29, 0.717) is 11.9 Å². The fourth-order valence-electron chi connectivity index (χ4n) is 4.04. The van der Waals surface area contributed by atoms with Crippen molar-refractivity contribution in [2.75, 3.05) is 36.8 Å². The number of H-pyrrole nitrogens is 1. The van der Waals surface area contributed by atoms with Crippen LogP contribution in [0.3, 0.4) is 0 Å². The number of nitrogen functional groups attached to an aromatic ring is 1. The van der Waals surface area contributed by atoms with Gasteiger partial charge in [-0.2, -0.15) is 0 Å². The number of hydrogen-bond donors (Lipinski definition) is 2. The average Bonchev–Trinajstić information content (AvgIpc) is 2.69. The van der Waals surface area contributed by atoms with Crippen molar-refractivity contribution in [3.05, 3.63) is 40.1 Å². The molecule has 0 unspecified atom stereocenters. The maximum absolute atomic E-state index is 12.2. The molecule has 2 aromatic rings. The zero-order valence-corrected chi connectivity index (χ0v) is 15.6. The van der Waals surface area contributed by atoms with Crippen LogP contribution in [0.2, 0.25) is 0 Å². The standard InChI is InChI=1S/C19H27N7O/c20-18-21-7-4-15(22-18)13-25-10-5-14(6-11-25)16-12-17(27)24-19(23-16)26-8-2-1-3-9-26/h4,7,12,14H,1-3,5-6,8-11,13H2,(H2,20,21,22)(H,23,24,27). The average molecular weight is 369 g/mol. The van der Waals surface area contributed by atoms with Crippen LogP contribution in [0.1, 0.15) is 49.4 Å². The van der Waals surface area contributed by atoms with E-state index in [-0.39, 0.29) is 5.56 Å². The van der Waals surface area contributed by atoms with E-state index in [0.717, 1.165) is 62.9 Å². The molecule has 0 saturated carbocycles. The molecule has 3 N–H and O–H groups in total. The van der Waals surface area contributed by atoms with Gasteiger partial charge in [0.25, 0.3) is 5.56 Å². The number of piperidine rings is 2. The molecule has 0 bridgehead atoms. The molecule has 0 aliphatic carbocycles. The van der Waals surface area contributed by atoms with Gasteiger partial charge in [0.1, 0.15) is 0 Å². The maximum Gasteiger partial charge on any atom is 0.252 e. The van der Waals surface area contributed by atoms with Crippen molar-refractivity contribution in [3.8, 4) is 0 Å². The monoisotopic (exact) mass is 369 g/mol. The van der Waals surface area contributed by atoms with Gasteiger partial charge in [0.2, 0.25) is 11.9 Å². The van der Waals surface area contributed by atoms with Crippen LogP contribution in [0.25, 0.3) is 0 Å². The van der Waals surface area contributed by atoms with Crippen molar-refractivity contribution in [1.82, 2.24) is 24.8 Å². The molecule has 4 heterocycles. The molecule has 2 aliphatic heterocycles. The van der Waals surface area contributed by atoms with Gasteiger partial charge >= 0.3 is 0 Å². The van der Waals surface area contributed by atoms with Gasteiger partial charge in [-0.3, -0.25) is 14.7 Å². The van der Waals surface area contributed by atoms with E-state index in [1.807, 2.05) is 6.07 Å². The van der Waals surface area contributed by atoms with E-state index in [9.17, 15) is 4.79 Å². The van der Waals surface area contributed by atoms with Gasteiger partial charge in [-0.25, -0.2) is 15.0 Å². The van der Waals surface area contributed by atoms with E-state index in [4.69, 9.17) is 10.7 Å². The summed E-state index contributed by atoms with van der Waals surface area (Å²) in [5, 5.41) is 0. The molecule has 0 amide bonds. The topological polar surface area (TPSA) is 104 Å². The second kappa shape index (κ2) is 8.04. The lowest BCUT2D eigenvalue weighted by Crippen LogP contribution is -2.35. The summed E-state index contributed by atoms with van der Waals surface area (Å²) < 4.78 is 0. The van der Waals surface area contributed by atoms with E-state index in [1.54, 1.807) is 12.3 Å². The first kappa shape index (κ1) is 17.9. The van der Waals surface area contributed by atoms with E-state index in [2.05, 4.69) is 24.8 Å². The summed E-state index contributed by atoms with van der Waals surface area (Å²) in [4.78, 5) is 32.7. The van der Waals surface area contributed by atoms with E-state index < -0.39 is 0 Å². The number of likely N-dealkylation sites (tertiary alicyclic amines) is 1. The third-order valence-corrected chi connectivity index (χ3v) is 5.53. The minimum Gasteiger partial charge on any atom is -0.368 e. The lowest BCUT2D eigenvalue weighted by molar-refractivity contribution is 0.201.